The predicted molar refractivity (Wildman–Crippen MR) is 65.4 cm³/mol. The number of rotatable bonds is 6. The van der Waals surface area contributed by atoms with E-state index in [-0.39, 0.29) is 18.1 Å². The molecule has 108 valence electrons. The Labute approximate surface area is 110 Å². The van der Waals surface area contributed by atoms with E-state index in [4.69, 9.17) is 4.74 Å². The molecular weight excluding hydrogens is 281 g/mol. The van der Waals surface area contributed by atoms with Crippen LogP contribution in [0.1, 0.15) is 18.1 Å². The molecule has 1 aromatic carbocycles. The number of ether oxygens (including phenoxy) is 1. The Bertz CT molecular complexity index is 492. The minimum atomic E-state index is -4.41. The molecule has 0 aliphatic rings. The standard InChI is InChI=1S/C12H15F3O3S/c1-2-18-7-8-19(16,17)9-10-3-5-11(6-4-10)12(13,14)15/h3-6H,2,7-9H2,1H3. The van der Waals surface area contributed by atoms with E-state index in [1.165, 1.54) is 12.1 Å². The maximum Gasteiger partial charge on any atom is 0.416 e. The first-order valence-corrected chi connectivity index (χ1v) is 7.51. The normalized spacial score (nSPS) is 12.6. The lowest BCUT2D eigenvalue weighted by Crippen LogP contribution is -2.14. The lowest BCUT2D eigenvalue weighted by Gasteiger charge is -2.08. The van der Waals surface area contributed by atoms with E-state index in [1.807, 2.05) is 0 Å². The van der Waals surface area contributed by atoms with Crippen LogP contribution < -0.4 is 0 Å². The summed E-state index contributed by atoms with van der Waals surface area (Å²) in [5.41, 5.74) is -0.451. The smallest absolute Gasteiger partial charge is 0.381 e. The summed E-state index contributed by atoms with van der Waals surface area (Å²) in [4.78, 5) is 0. The summed E-state index contributed by atoms with van der Waals surface area (Å²) in [6.45, 7) is 2.28. The molecule has 0 bridgehead atoms. The number of halogens is 3. The van der Waals surface area contributed by atoms with Crippen LogP contribution in [0.15, 0.2) is 24.3 Å². The van der Waals surface area contributed by atoms with Gasteiger partial charge in [0, 0.05) is 6.61 Å². The molecule has 0 aliphatic carbocycles. The fourth-order valence-electron chi connectivity index (χ4n) is 1.45. The monoisotopic (exact) mass is 296 g/mol. The van der Waals surface area contributed by atoms with Crippen molar-refractivity contribution in [2.75, 3.05) is 19.0 Å². The fourth-order valence-corrected chi connectivity index (χ4v) is 2.66. The fraction of sp³-hybridized carbons (Fsp3) is 0.500. The molecule has 0 fully saturated rings. The van der Waals surface area contributed by atoms with Gasteiger partial charge < -0.3 is 4.74 Å². The highest BCUT2D eigenvalue weighted by Gasteiger charge is 2.30. The first kappa shape index (κ1) is 16.0. The van der Waals surface area contributed by atoms with E-state index in [1.54, 1.807) is 6.92 Å². The van der Waals surface area contributed by atoms with Crippen LogP contribution in [0.5, 0.6) is 0 Å². The first-order valence-electron chi connectivity index (χ1n) is 5.69. The molecule has 1 aromatic rings. The van der Waals surface area contributed by atoms with Crippen molar-refractivity contribution in [2.24, 2.45) is 0 Å². The number of alkyl halides is 3. The van der Waals surface area contributed by atoms with E-state index in [0.717, 1.165) is 12.1 Å². The van der Waals surface area contributed by atoms with Gasteiger partial charge in [0.25, 0.3) is 0 Å². The van der Waals surface area contributed by atoms with Crippen molar-refractivity contribution in [3.63, 3.8) is 0 Å². The molecule has 0 atom stereocenters. The van der Waals surface area contributed by atoms with Gasteiger partial charge in [0.1, 0.15) is 0 Å². The van der Waals surface area contributed by atoms with Gasteiger partial charge in [0.2, 0.25) is 0 Å². The van der Waals surface area contributed by atoms with E-state index < -0.39 is 21.6 Å². The Morgan fingerprint density at radius 1 is 1.16 bits per heavy atom. The van der Waals surface area contributed by atoms with Gasteiger partial charge in [-0.05, 0) is 24.6 Å². The van der Waals surface area contributed by atoms with E-state index in [9.17, 15) is 21.6 Å². The molecule has 0 saturated heterocycles. The predicted octanol–water partition coefficient (Wildman–Crippen LogP) is 2.66. The van der Waals surface area contributed by atoms with Crippen LogP contribution in [-0.2, 0) is 26.5 Å². The van der Waals surface area contributed by atoms with Crippen molar-refractivity contribution in [3.05, 3.63) is 35.4 Å². The first-order chi connectivity index (χ1) is 8.74. The van der Waals surface area contributed by atoms with Gasteiger partial charge in [0.05, 0.1) is 23.7 Å². The maximum absolute atomic E-state index is 12.3. The third kappa shape index (κ3) is 5.61. The van der Waals surface area contributed by atoms with Gasteiger partial charge in [-0.15, -0.1) is 0 Å². The van der Waals surface area contributed by atoms with Crippen LogP contribution in [0.4, 0.5) is 13.2 Å². The largest absolute Gasteiger partial charge is 0.416 e. The number of hydrogen-bond donors (Lipinski definition) is 0. The van der Waals surface area contributed by atoms with Crippen molar-refractivity contribution in [1.82, 2.24) is 0 Å². The number of sulfone groups is 1. The molecule has 0 aliphatic heterocycles. The number of benzene rings is 1. The third-order valence-corrected chi connectivity index (χ3v) is 3.97. The van der Waals surface area contributed by atoms with Gasteiger partial charge >= 0.3 is 6.18 Å². The summed E-state index contributed by atoms with van der Waals surface area (Å²) in [5.74, 6) is -0.417. The quantitative estimate of drug-likeness (QED) is 0.758. The van der Waals surface area contributed by atoms with E-state index in [0.29, 0.717) is 12.2 Å². The molecule has 0 radical (unpaired) electrons. The average molecular weight is 296 g/mol. The minimum absolute atomic E-state index is 0.0967. The summed E-state index contributed by atoms with van der Waals surface area (Å²) in [5, 5.41) is 0. The molecule has 0 aromatic heterocycles. The Morgan fingerprint density at radius 2 is 1.74 bits per heavy atom. The van der Waals surface area contributed by atoms with E-state index >= 15 is 0 Å². The summed E-state index contributed by atoms with van der Waals surface area (Å²) in [6.07, 6.45) is -4.41. The van der Waals surface area contributed by atoms with Crippen LogP contribution in [-0.4, -0.2) is 27.4 Å². The second-order valence-corrected chi connectivity index (χ2v) is 6.17. The van der Waals surface area contributed by atoms with Crippen molar-refractivity contribution in [2.45, 2.75) is 18.9 Å². The molecular formula is C12H15F3O3S. The highest BCUT2D eigenvalue weighted by molar-refractivity contribution is 7.90. The zero-order chi connectivity index (χ0) is 14.5. The van der Waals surface area contributed by atoms with Crippen LogP contribution in [0.25, 0.3) is 0 Å². The molecule has 0 unspecified atom stereocenters. The maximum atomic E-state index is 12.3. The van der Waals surface area contributed by atoms with Crippen LogP contribution in [0.3, 0.4) is 0 Å². The highest BCUT2D eigenvalue weighted by atomic mass is 32.2. The minimum Gasteiger partial charge on any atom is -0.381 e. The molecule has 0 amide bonds. The van der Waals surface area contributed by atoms with E-state index in [2.05, 4.69) is 0 Å². The molecule has 7 heteroatoms. The molecule has 0 spiro atoms. The summed E-state index contributed by atoms with van der Waals surface area (Å²) in [7, 11) is -3.36. The molecule has 19 heavy (non-hydrogen) atoms. The van der Waals surface area contributed by atoms with Gasteiger partial charge in [-0.1, -0.05) is 12.1 Å². The van der Waals surface area contributed by atoms with Crippen LogP contribution >= 0.6 is 0 Å². The summed E-state index contributed by atoms with van der Waals surface area (Å²) in [6, 6.07) is 4.13. The number of hydrogen-bond acceptors (Lipinski definition) is 3. The topological polar surface area (TPSA) is 43.4 Å². The Balaban J connectivity index is 2.67. The van der Waals surface area contributed by atoms with Gasteiger partial charge in [-0.25, -0.2) is 8.42 Å². The zero-order valence-corrected chi connectivity index (χ0v) is 11.2. The molecule has 0 saturated carbocycles. The Hall–Kier alpha value is -1.08. The molecule has 0 N–H and O–H groups in total. The molecule has 1 rings (SSSR count). The summed E-state index contributed by atoms with van der Waals surface area (Å²) >= 11 is 0. The lowest BCUT2D eigenvalue weighted by atomic mass is 10.1. The lowest BCUT2D eigenvalue weighted by molar-refractivity contribution is -0.137. The van der Waals surface area contributed by atoms with Crippen molar-refractivity contribution in [1.29, 1.82) is 0 Å². The van der Waals surface area contributed by atoms with Gasteiger partial charge in [0.15, 0.2) is 9.84 Å². The van der Waals surface area contributed by atoms with Crippen molar-refractivity contribution < 1.29 is 26.3 Å². The highest BCUT2D eigenvalue weighted by Crippen LogP contribution is 2.29. The molecule has 0 heterocycles. The van der Waals surface area contributed by atoms with Crippen molar-refractivity contribution in [3.8, 4) is 0 Å². The third-order valence-electron chi connectivity index (χ3n) is 2.41. The second-order valence-electron chi connectivity index (χ2n) is 3.98. The SMILES string of the molecule is CCOCCS(=O)(=O)Cc1ccc(C(F)(F)F)cc1. The Morgan fingerprint density at radius 3 is 2.21 bits per heavy atom. The van der Waals surface area contributed by atoms with Gasteiger partial charge in [-0.2, -0.15) is 13.2 Å². The van der Waals surface area contributed by atoms with Crippen LogP contribution in [0.2, 0.25) is 0 Å². The van der Waals surface area contributed by atoms with Crippen molar-refractivity contribution >= 4 is 9.84 Å². The van der Waals surface area contributed by atoms with Crippen LogP contribution in [0, 0.1) is 0 Å². The Kier molecular flexibility index (Phi) is 5.37. The van der Waals surface area contributed by atoms with Gasteiger partial charge in [-0.3, -0.25) is 0 Å². The molecule has 3 nitrogen and oxygen atoms in total. The zero-order valence-electron chi connectivity index (χ0n) is 10.4. The second kappa shape index (κ2) is 6.38. The average Bonchev–Trinajstić information content (AvgIpc) is 2.28. The summed E-state index contributed by atoms with van der Waals surface area (Å²) < 4.78 is 65.2.